The van der Waals surface area contributed by atoms with Gasteiger partial charge in [0.05, 0.1) is 11.7 Å². The molecule has 3 N–H and O–H groups in total. The number of carbonyl (C=O) groups excluding carboxylic acids is 2. The van der Waals surface area contributed by atoms with Gasteiger partial charge in [-0.1, -0.05) is 6.07 Å². The van der Waals surface area contributed by atoms with Crippen molar-refractivity contribution in [3.05, 3.63) is 59.8 Å². The predicted octanol–water partition coefficient (Wildman–Crippen LogP) is 2.50. The Morgan fingerprint density at radius 1 is 1.24 bits per heavy atom. The summed E-state index contributed by atoms with van der Waals surface area (Å²) >= 11 is 0. The summed E-state index contributed by atoms with van der Waals surface area (Å²) in [5, 5.41) is 20.6. The molecule has 2 amide bonds. The second kappa shape index (κ2) is 7.59. The maximum absolute atomic E-state index is 13.9. The lowest BCUT2D eigenvalue weighted by molar-refractivity contribution is -0.144. The zero-order valence-electron chi connectivity index (χ0n) is 15.2. The number of aromatic nitrogens is 2. The van der Waals surface area contributed by atoms with Crippen molar-refractivity contribution in [1.29, 1.82) is 0 Å². The SMILES string of the molecule is O=C(Nc1ccc2[nH]ncc2c1)[C@H]1CCCN1C(=O)C(O)c1ccc(F)cc1F. The Labute approximate surface area is 164 Å². The Hall–Kier alpha value is -3.33. The van der Waals surface area contributed by atoms with E-state index in [4.69, 9.17) is 0 Å². The number of benzene rings is 2. The molecule has 0 aliphatic carbocycles. The maximum atomic E-state index is 13.9. The summed E-state index contributed by atoms with van der Waals surface area (Å²) in [5.74, 6) is -3.01. The van der Waals surface area contributed by atoms with Gasteiger partial charge in [-0.3, -0.25) is 14.7 Å². The van der Waals surface area contributed by atoms with Gasteiger partial charge in [-0.2, -0.15) is 5.10 Å². The van der Waals surface area contributed by atoms with E-state index in [0.717, 1.165) is 23.0 Å². The second-order valence-corrected chi connectivity index (χ2v) is 6.92. The van der Waals surface area contributed by atoms with Gasteiger partial charge in [0.2, 0.25) is 5.91 Å². The van der Waals surface area contributed by atoms with Crippen molar-refractivity contribution >= 4 is 28.4 Å². The van der Waals surface area contributed by atoms with Crippen LogP contribution in [0.2, 0.25) is 0 Å². The number of nitrogens with zero attached hydrogens (tertiary/aromatic N) is 2. The van der Waals surface area contributed by atoms with Crippen LogP contribution in [0, 0.1) is 11.6 Å². The highest BCUT2D eigenvalue weighted by Gasteiger charge is 2.37. The van der Waals surface area contributed by atoms with E-state index >= 15 is 0 Å². The van der Waals surface area contributed by atoms with Crippen molar-refractivity contribution in [2.75, 3.05) is 11.9 Å². The minimum Gasteiger partial charge on any atom is -0.378 e. The van der Waals surface area contributed by atoms with E-state index in [2.05, 4.69) is 15.5 Å². The van der Waals surface area contributed by atoms with Crippen molar-refractivity contribution < 1.29 is 23.5 Å². The smallest absolute Gasteiger partial charge is 0.256 e. The number of aliphatic hydroxyl groups is 1. The molecule has 0 radical (unpaired) electrons. The quantitative estimate of drug-likeness (QED) is 0.627. The fourth-order valence-corrected chi connectivity index (χ4v) is 3.56. The molecule has 1 aliphatic heterocycles. The molecule has 9 heteroatoms. The predicted molar refractivity (Wildman–Crippen MR) is 101 cm³/mol. The highest BCUT2D eigenvalue weighted by Crippen LogP contribution is 2.26. The van der Waals surface area contributed by atoms with Gasteiger partial charge in [-0.25, -0.2) is 8.78 Å². The third kappa shape index (κ3) is 3.68. The van der Waals surface area contributed by atoms with E-state index in [1.807, 2.05) is 0 Å². The minimum atomic E-state index is -1.81. The summed E-state index contributed by atoms with van der Waals surface area (Å²) in [7, 11) is 0. The molecule has 1 fully saturated rings. The number of anilines is 1. The molecule has 2 aromatic carbocycles. The first-order valence-electron chi connectivity index (χ1n) is 9.11. The molecule has 1 unspecified atom stereocenters. The lowest BCUT2D eigenvalue weighted by Gasteiger charge is -2.26. The van der Waals surface area contributed by atoms with Gasteiger partial charge >= 0.3 is 0 Å². The topological polar surface area (TPSA) is 98.3 Å². The van der Waals surface area contributed by atoms with Gasteiger partial charge in [0.25, 0.3) is 5.91 Å². The zero-order chi connectivity index (χ0) is 20.5. The van der Waals surface area contributed by atoms with E-state index in [1.165, 1.54) is 4.90 Å². The molecule has 3 aromatic rings. The minimum absolute atomic E-state index is 0.261. The molecule has 0 bridgehead atoms. The van der Waals surface area contributed by atoms with Crippen LogP contribution in [-0.4, -0.2) is 44.6 Å². The van der Waals surface area contributed by atoms with E-state index in [-0.39, 0.29) is 12.1 Å². The van der Waals surface area contributed by atoms with E-state index in [1.54, 1.807) is 24.4 Å². The molecule has 0 saturated carbocycles. The fourth-order valence-electron chi connectivity index (χ4n) is 3.56. The first-order valence-corrected chi connectivity index (χ1v) is 9.11. The monoisotopic (exact) mass is 400 g/mol. The number of likely N-dealkylation sites (tertiary alicyclic amines) is 1. The Balaban J connectivity index is 1.50. The number of fused-ring (bicyclic) bond motifs is 1. The summed E-state index contributed by atoms with van der Waals surface area (Å²) in [6, 6.07) is 7.04. The standard InChI is InChI=1S/C20H18F2N4O3/c21-12-3-5-14(15(22)9-12)18(27)20(29)26-7-1-2-17(26)19(28)24-13-4-6-16-11(8-13)10-23-25-16/h3-6,8-10,17-18,27H,1-2,7H2,(H,23,25)(H,24,28)/t17-,18?/m1/s1. The number of carbonyl (C=O) groups is 2. The van der Waals surface area contributed by atoms with Crippen LogP contribution in [0.25, 0.3) is 10.9 Å². The van der Waals surface area contributed by atoms with Crippen molar-refractivity contribution in [3.63, 3.8) is 0 Å². The molecule has 1 aliphatic rings. The maximum Gasteiger partial charge on any atom is 0.256 e. The number of halogens is 2. The molecule has 1 aromatic heterocycles. The Kier molecular flexibility index (Phi) is 4.98. The van der Waals surface area contributed by atoms with Crippen molar-refractivity contribution in [3.8, 4) is 0 Å². The fraction of sp³-hybridized carbons (Fsp3) is 0.250. The number of H-pyrrole nitrogens is 1. The van der Waals surface area contributed by atoms with E-state index in [0.29, 0.717) is 24.6 Å². The zero-order valence-corrected chi connectivity index (χ0v) is 15.2. The summed E-state index contributed by atoms with van der Waals surface area (Å²) in [5.41, 5.74) is 1.05. The van der Waals surface area contributed by atoms with Gasteiger partial charge in [0.1, 0.15) is 17.7 Å². The molecule has 150 valence electrons. The van der Waals surface area contributed by atoms with Crippen molar-refractivity contribution in [2.24, 2.45) is 0 Å². The average Bonchev–Trinajstić information content (AvgIpc) is 3.36. The number of nitrogens with one attached hydrogen (secondary N) is 2. The molecule has 29 heavy (non-hydrogen) atoms. The van der Waals surface area contributed by atoms with Crippen LogP contribution < -0.4 is 5.32 Å². The Bertz CT molecular complexity index is 1080. The van der Waals surface area contributed by atoms with Gasteiger partial charge in [0, 0.05) is 29.2 Å². The highest BCUT2D eigenvalue weighted by atomic mass is 19.1. The number of amides is 2. The van der Waals surface area contributed by atoms with Crippen LogP contribution in [0.3, 0.4) is 0 Å². The normalized spacial score (nSPS) is 17.5. The highest BCUT2D eigenvalue weighted by molar-refractivity contribution is 5.99. The van der Waals surface area contributed by atoms with Gasteiger partial charge < -0.3 is 15.3 Å². The van der Waals surface area contributed by atoms with Crippen molar-refractivity contribution in [2.45, 2.75) is 25.0 Å². The number of aliphatic hydroxyl groups excluding tert-OH is 1. The number of hydrogen-bond acceptors (Lipinski definition) is 4. The first-order chi connectivity index (χ1) is 13.9. The Morgan fingerprint density at radius 3 is 2.86 bits per heavy atom. The molecule has 2 atom stereocenters. The molecular weight excluding hydrogens is 382 g/mol. The van der Waals surface area contributed by atoms with E-state index in [9.17, 15) is 23.5 Å². The molecule has 2 heterocycles. The van der Waals surface area contributed by atoms with Gasteiger partial charge in [-0.15, -0.1) is 0 Å². The van der Waals surface area contributed by atoms with E-state index < -0.39 is 35.6 Å². The lowest BCUT2D eigenvalue weighted by Crippen LogP contribution is -2.45. The molecule has 0 spiro atoms. The van der Waals surface area contributed by atoms with Crippen LogP contribution in [0.4, 0.5) is 14.5 Å². The van der Waals surface area contributed by atoms with Crippen LogP contribution >= 0.6 is 0 Å². The first kappa shape index (κ1) is 19.0. The van der Waals surface area contributed by atoms with Crippen LogP contribution in [0.1, 0.15) is 24.5 Å². The second-order valence-electron chi connectivity index (χ2n) is 6.92. The van der Waals surface area contributed by atoms with Crippen LogP contribution in [0.5, 0.6) is 0 Å². The molecule has 1 saturated heterocycles. The summed E-state index contributed by atoms with van der Waals surface area (Å²) in [6.07, 6.45) is 0.809. The third-order valence-electron chi connectivity index (χ3n) is 5.04. The molecular formula is C20H18F2N4O3. The number of aromatic amines is 1. The van der Waals surface area contributed by atoms with Crippen molar-refractivity contribution in [1.82, 2.24) is 15.1 Å². The molecule has 7 nitrogen and oxygen atoms in total. The van der Waals surface area contributed by atoms with Gasteiger partial charge in [-0.05, 0) is 37.1 Å². The van der Waals surface area contributed by atoms with Crippen LogP contribution in [0.15, 0.2) is 42.6 Å². The Morgan fingerprint density at radius 2 is 2.07 bits per heavy atom. The number of hydrogen-bond donors (Lipinski definition) is 3. The molecule has 4 rings (SSSR count). The average molecular weight is 400 g/mol. The lowest BCUT2D eigenvalue weighted by atomic mass is 10.1. The summed E-state index contributed by atoms with van der Waals surface area (Å²) in [4.78, 5) is 26.7. The number of rotatable bonds is 4. The van der Waals surface area contributed by atoms with Gasteiger partial charge in [0.15, 0.2) is 6.10 Å². The van der Waals surface area contributed by atoms with Crippen LogP contribution in [-0.2, 0) is 9.59 Å². The summed E-state index contributed by atoms with van der Waals surface area (Å²) in [6.45, 7) is 0.261. The third-order valence-corrected chi connectivity index (χ3v) is 5.04. The summed E-state index contributed by atoms with van der Waals surface area (Å²) < 4.78 is 27.0. The largest absolute Gasteiger partial charge is 0.378 e.